The third-order valence-corrected chi connectivity index (χ3v) is 5.11. The van der Waals surface area contributed by atoms with Crippen LogP contribution in [0.4, 0.5) is 5.69 Å². The molecule has 0 bridgehead atoms. The van der Waals surface area contributed by atoms with E-state index < -0.39 is 54.2 Å². The van der Waals surface area contributed by atoms with E-state index in [-0.39, 0.29) is 24.3 Å². The summed E-state index contributed by atoms with van der Waals surface area (Å²) in [6.45, 7) is 3.23. The van der Waals surface area contributed by atoms with Crippen LogP contribution in [0, 0.1) is 10.1 Å². The van der Waals surface area contributed by atoms with Crippen LogP contribution in [0.15, 0.2) is 24.3 Å². The molecule has 5 atom stereocenters. The zero-order chi connectivity index (χ0) is 24.4. The zero-order valence-electron chi connectivity index (χ0n) is 18.8. The summed E-state index contributed by atoms with van der Waals surface area (Å²) in [6, 6.07) is 5.14. The molecule has 1 aromatic rings. The number of esters is 2. The summed E-state index contributed by atoms with van der Waals surface area (Å²) in [5.74, 6) is -1.01. The molecule has 0 amide bonds. The molecule has 1 fully saturated rings. The highest BCUT2D eigenvalue weighted by Crippen LogP contribution is 2.30. The molecule has 33 heavy (non-hydrogen) atoms. The number of nitro benzene ring substituents is 1. The van der Waals surface area contributed by atoms with Crippen molar-refractivity contribution < 1.29 is 43.7 Å². The minimum absolute atomic E-state index is 0.105. The molecule has 0 unspecified atom stereocenters. The zero-order valence-corrected chi connectivity index (χ0v) is 18.8. The third-order valence-electron chi connectivity index (χ3n) is 5.11. The Morgan fingerprint density at radius 1 is 1.00 bits per heavy atom. The lowest BCUT2D eigenvalue weighted by Gasteiger charge is -2.43. The van der Waals surface area contributed by atoms with Gasteiger partial charge in [-0.05, 0) is 25.0 Å². The number of ether oxygens (including phenoxy) is 4. The quantitative estimate of drug-likeness (QED) is 0.264. The van der Waals surface area contributed by atoms with E-state index in [0.29, 0.717) is 12.8 Å². The van der Waals surface area contributed by atoms with Crippen LogP contribution in [0.2, 0.25) is 0 Å². The number of non-ortho nitro benzene ring substituents is 1. The van der Waals surface area contributed by atoms with Crippen molar-refractivity contribution in [1.82, 2.24) is 0 Å². The number of benzene rings is 1. The molecule has 11 nitrogen and oxygen atoms in total. The molecular formula is C22H31NO10. The van der Waals surface area contributed by atoms with Crippen LogP contribution in [-0.2, 0) is 23.8 Å². The van der Waals surface area contributed by atoms with Crippen LogP contribution in [0.25, 0.3) is 0 Å². The van der Waals surface area contributed by atoms with E-state index in [1.54, 1.807) is 0 Å². The van der Waals surface area contributed by atoms with Gasteiger partial charge in [0.2, 0.25) is 0 Å². The molecular weight excluding hydrogens is 438 g/mol. The first-order chi connectivity index (χ1) is 15.8. The van der Waals surface area contributed by atoms with Gasteiger partial charge in [-0.2, -0.15) is 0 Å². The second kappa shape index (κ2) is 13.1. The second-order valence-corrected chi connectivity index (χ2v) is 7.70. The summed E-state index contributed by atoms with van der Waals surface area (Å²) >= 11 is 0. The number of aliphatic hydroxyl groups excluding tert-OH is 2. The fraction of sp³-hybridized carbons (Fsp3) is 0.636. The second-order valence-electron chi connectivity index (χ2n) is 7.70. The van der Waals surface area contributed by atoms with Gasteiger partial charge >= 0.3 is 11.9 Å². The summed E-state index contributed by atoms with van der Waals surface area (Å²) in [5.41, 5.74) is -0.151. The summed E-state index contributed by atoms with van der Waals surface area (Å²) in [7, 11) is 0. The topological polar surface area (TPSA) is 155 Å². The number of nitrogens with zero attached hydrogens (tertiary/aromatic N) is 1. The Morgan fingerprint density at radius 3 is 2.03 bits per heavy atom. The molecule has 0 aliphatic carbocycles. The van der Waals surface area contributed by atoms with Crippen LogP contribution in [-0.4, -0.2) is 64.4 Å². The lowest BCUT2D eigenvalue weighted by molar-refractivity contribution is -0.384. The standard InChI is InChI=1S/C22H31NO10/c1-3-5-7-17(25)32-20-19(30-15-11-9-14(10-12-15)23(28)29)16(13-24)31-22(27)21(20)33-18(26)8-6-4-2/h9-12,16,19-22,24,27H,3-8,13H2,1-2H3/t16-,19-,20+,21-,22+/m1/s1. The molecule has 184 valence electrons. The lowest BCUT2D eigenvalue weighted by atomic mass is 9.98. The first kappa shape index (κ1) is 26.5. The van der Waals surface area contributed by atoms with Gasteiger partial charge in [0.05, 0.1) is 11.5 Å². The van der Waals surface area contributed by atoms with Crippen LogP contribution in [0.1, 0.15) is 52.4 Å². The van der Waals surface area contributed by atoms with Gasteiger partial charge in [0.25, 0.3) is 5.69 Å². The van der Waals surface area contributed by atoms with Gasteiger partial charge in [0.1, 0.15) is 11.9 Å². The van der Waals surface area contributed by atoms with Gasteiger partial charge < -0.3 is 29.2 Å². The fourth-order valence-corrected chi connectivity index (χ4v) is 3.31. The highest BCUT2D eigenvalue weighted by molar-refractivity contribution is 5.70. The maximum atomic E-state index is 12.4. The molecule has 0 spiro atoms. The van der Waals surface area contributed by atoms with Crippen LogP contribution >= 0.6 is 0 Å². The van der Waals surface area contributed by atoms with Gasteiger partial charge in [-0.1, -0.05) is 26.7 Å². The van der Waals surface area contributed by atoms with E-state index in [1.807, 2.05) is 13.8 Å². The van der Waals surface area contributed by atoms with Crippen molar-refractivity contribution in [2.24, 2.45) is 0 Å². The van der Waals surface area contributed by atoms with Crippen molar-refractivity contribution in [3.05, 3.63) is 34.4 Å². The normalized spacial score (nSPS) is 24.7. The van der Waals surface area contributed by atoms with Crippen LogP contribution < -0.4 is 4.74 Å². The molecule has 0 saturated carbocycles. The molecule has 1 aromatic carbocycles. The van der Waals surface area contributed by atoms with Crippen molar-refractivity contribution in [3.8, 4) is 5.75 Å². The molecule has 0 radical (unpaired) electrons. The average Bonchev–Trinajstić information content (AvgIpc) is 2.80. The molecule has 11 heteroatoms. The van der Waals surface area contributed by atoms with Gasteiger partial charge in [-0.3, -0.25) is 19.7 Å². The number of hydrogen-bond acceptors (Lipinski definition) is 10. The maximum absolute atomic E-state index is 12.4. The Labute approximate surface area is 191 Å². The minimum atomic E-state index is -1.66. The molecule has 1 aliphatic heterocycles. The largest absolute Gasteiger partial charge is 0.484 e. The Morgan fingerprint density at radius 2 is 1.55 bits per heavy atom. The number of unbranched alkanes of at least 4 members (excludes halogenated alkanes) is 2. The summed E-state index contributed by atoms with van der Waals surface area (Å²) in [5, 5.41) is 31.1. The van der Waals surface area contributed by atoms with Crippen molar-refractivity contribution in [2.45, 2.75) is 83.1 Å². The van der Waals surface area contributed by atoms with Crippen molar-refractivity contribution in [2.75, 3.05) is 6.61 Å². The van der Waals surface area contributed by atoms with E-state index in [0.717, 1.165) is 12.8 Å². The predicted molar refractivity (Wildman–Crippen MR) is 114 cm³/mol. The Kier molecular flexibility index (Phi) is 10.5. The molecule has 2 rings (SSSR count). The maximum Gasteiger partial charge on any atom is 0.306 e. The number of carbonyl (C=O) groups is 2. The summed E-state index contributed by atoms with van der Waals surface area (Å²) < 4.78 is 22.2. The molecule has 0 aromatic heterocycles. The van der Waals surface area contributed by atoms with E-state index in [4.69, 9.17) is 18.9 Å². The highest BCUT2D eigenvalue weighted by atomic mass is 16.7. The Bertz CT molecular complexity index is 784. The van der Waals surface area contributed by atoms with Gasteiger partial charge in [0.15, 0.2) is 24.6 Å². The Hall–Kier alpha value is -2.76. The average molecular weight is 469 g/mol. The summed E-state index contributed by atoms with van der Waals surface area (Å²) in [6.07, 6.45) is -3.74. The number of aliphatic hydroxyl groups is 2. The van der Waals surface area contributed by atoms with Crippen molar-refractivity contribution >= 4 is 17.6 Å². The van der Waals surface area contributed by atoms with E-state index in [9.17, 15) is 29.9 Å². The molecule has 1 aliphatic rings. The summed E-state index contributed by atoms with van der Waals surface area (Å²) in [4.78, 5) is 35.0. The monoisotopic (exact) mass is 469 g/mol. The van der Waals surface area contributed by atoms with E-state index >= 15 is 0 Å². The minimum Gasteiger partial charge on any atom is -0.484 e. The van der Waals surface area contributed by atoms with Crippen molar-refractivity contribution in [3.63, 3.8) is 0 Å². The lowest BCUT2D eigenvalue weighted by Crippen LogP contribution is -2.63. The van der Waals surface area contributed by atoms with Crippen LogP contribution in [0.3, 0.4) is 0 Å². The van der Waals surface area contributed by atoms with Crippen molar-refractivity contribution in [1.29, 1.82) is 0 Å². The number of nitro groups is 1. The predicted octanol–water partition coefficient (Wildman–Crippen LogP) is 2.26. The fourth-order valence-electron chi connectivity index (χ4n) is 3.31. The van der Waals surface area contributed by atoms with Gasteiger partial charge in [0, 0.05) is 25.0 Å². The first-order valence-electron chi connectivity index (χ1n) is 11.0. The number of hydrogen-bond donors (Lipinski definition) is 2. The number of rotatable bonds is 12. The highest BCUT2D eigenvalue weighted by Gasteiger charge is 2.51. The molecule has 1 saturated heterocycles. The Balaban J connectivity index is 2.31. The first-order valence-corrected chi connectivity index (χ1v) is 11.0. The van der Waals surface area contributed by atoms with Gasteiger partial charge in [-0.25, -0.2) is 0 Å². The van der Waals surface area contributed by atoms with E-state index in [2.05, 4.69) is 0 Å². The molecule has 2 N–H and O–H groups in total. The van der Waals surface area contributed by atoms with Gasteiger partial charge in [-0.15, -0.1) is 0 Å². The van der Waals surface area contributed by atoms with Crippen LogP contribution in [0.5, 0.6) is 5.75 Å². The third kappa shape index (κ3) is 7.65. The number of carbonyl (C=O) groups excluding carboxylic acids is 2. The smallest absolute Gasteiger partial charge is 0.306 e. The van der Waals surface area contributed by atoms with E-state index in [1.165, 1.54) is 24.3 Å². The molecule has 1 heterocycles. The SMILES string of the molecule is CCCCC(=O)O[C@@H]1[C@@H](OC(=O)CCCC)[C@@H](O)O[C@H](CO)[C@H]1Oc1ccc([N+](=O)[O-])cc1.